The fourth-order valence-electron chi connectivity index (χ4n) is 15.5. The highest BCUT2D eigenvalue weighted by molar-refractivity contribution is 5.69. The summed E-state index contributed by atoms with van der Waals surface area (Å²) in [4.78, 5) is 9.18. The van der Waals surface area contributed by atoms with Crippen molar-refractivity contribution in [3.05, 3.63) is 117 Å². The first-order chi connectivity index (χ1) is 44.3. The number of nitrogens with zero attached hydrogens (tertiary/aromatic N) is 6. The van der Waals surface area contributed by atoms with Crippen molar-refractivity contribution in [2.24, 2.45) is 0 Å². The average molecular weight is 1270 g/mol. The number of methoxy groups -OCH3 is 6. The van der Waals surface area contributed by atoms with Gasteiger partial charge in [-0.2, -0.15) is 10.5 Å². The molecular formula is C70H90N6O16. The maximum atomic E-state index is 11.0. The lowest BCUT2D eigenvalue weighted by Gasteiger charge is -2.60. The van der Waals surface area contributed by atoms with Gasteiger partial charge < -0.3 is 76.2 Å². The lowest BCUT2D eigenvalue weighted by atomic mass is 9.71. The van der Waals surface area contributed by atoms with Crippen LogP contribution in [0.4, 0.5) is 0 Å². The van der Waals surface area contributed by atoms with Gasteiger partial charge in [0.2, 0.25) is 13.6 Å². The standard InChI is InChI=1S/C35H45N3O8.C31H37N3O7.C4H8O/c1-10-11-42-31-20(3)32-34(45-18-44-32)28-22(31)14-24-29-27-21(12-19(2)30(40-8)33(27)43-17-39-7)13-23(37(29)6)25(15-36)38(24)26(28)16-46-35(4,5)41-9;1-7-8-38-28-17(3)29-31(41-15-40-29)25-19(28)11-21-26-24-18(9-16(2)27(37-6)30(24)39-14-36-5)10-20(33(26)4)22(12-32)34(21)23(25)13-35;1-4(2)5-3/h10,12,23-26,29H,1,11,13-14,16-18H2,2-9H3;7,9,20-23,26,35H,1,8,10-11,13-15H2,2-6H3;1H2,2-3H3/t23-,24?,25?,26-,29-;20-,21?,22?,23-,26-;/m00./s1. The van der Waals surface area contributed by atoms with E-state index in [2.05, 4.69) is 82.4 Å². The summed E-state index contributed by atoms with van der Waals surface area (Å²) in [5.74, 6) is 6.66. The Morgan fingerprint density at radius 1 is 0.609 bits per heavy atom. The van der Waals surface area contributed by atoms with Crippen molar-refractivity contribution >= 4 is 0 Å². The van der Waals surface area contributed by atoms with Gasteiger partial charge in [0.15, 0.2) is 65.4 Å². The minimum Gasteiger partial charge on any atom is -0.502 e. The molecule has 0 aliphatic carbocycles. The second-order valence-electron chi connectivity index (χ2n) is 24.8. The van der Waals surface area contributed by atoms with Gasteiger partial charge in [-0.3, -0.25) is 19.6 Å². The Labute approximate surface area is 541 Å². The number of nitriles is 2. The largest absolute Gasteiger partial charge is 0.502 e. The molecule has 4 aromatic rings. The molecule has 0 radical (unpaired) electrons. The van der Waals surface area contributed by atoms with Gasteiger partial charge in [0.1, 0.15) is 36.8 Å². The summed E-state index contributed by atoms with van der Waals surface area (Å²) in [6.45, 7) is 25.8. The monoisotopic (exact) mass is 1270 g/mol. The van der Waals surface area contributed by atoms with E-state index in [1.807, 2.05) is 41.5 Å². The zero-order chi connectivity index (χ0) is 66.2. The Bertz CT molecular complexity index is 3540. The molecule has 4 unspecified atom stereocenters. The maximum absolute atomic E-state index is 11.0. The second kappa shape index (κ2) is 28.0. The third-order valence-corrected chi connectivity index (χ3v) is 19.4. The van der Waals surface area contributed by atoms with Crippen LogP contribution in [0.15, 0.2) is 49.8 Å². The highest BCUT2D eigenvalue weighted by Gasteiger charge is 2.59. The van der Waals surface area contributed by atoms with Crippen molar-refractivity contribution in [3.8, 4) is 69.6 Å². The molecule has 0 amide bonds. The van der Waals surface area contributed by atoms with E-state index in [4.69, 9.17) is 66.3 Å². The fraction of sp³-hybridized carbons (Fsp3) is 0.543. The summed E-state index contributed by atoms with van der Waals surface area (Å²) < 4.78 is 88.5. The van der Waals surface area contributed by atoms with E-state index in [1.165, 1.54) is 0 Å². The minimum atomic E-state index is -0.857. The lowest BCUT2D eigenvalue weighted by Crippen LogP contribution is -2.68. The number of benzene rings is 4. The summed E-state index contributed by atoms with van der Waals surface area (Å²) in [5, 5.41) is 32.6. The van der Waals surface area contributed by atoms with Crippen LogP contribution in [-0.2, 0) is 49.4 Å². The summed E-state index contributed by atoms with van der Waals surface area (Å²) in [6.07, 6.45) is 5.93. The molecule has 0 spiro atoms. The van der Waals surface area contributed by atoms with E-state index in [9.17, 15) is 15.6 Å². The Morgan fingerprint density at radius 2 is 1.02 bits per heavy atom. The zero-order valence-corrected chi connectivity index (χ0v) is 55.9. The summed E-state index contributed by atoms with van der Waals surface area (Å²) in [6, 6.07) is 7.03. The number of hydrogen-bond donors (Lipinski definition) is 1. The van der Waals surface area contributed by atoms with Crippen molar-refractivity contribution in [2.45, 2.75) is 140 Å². The van der Waals surface area contributed by atoms with Gasteiger partial charge in [-0.1, -0.05) is 44.0 Å². The first kappa shape index (κ1) is 67.4. The highest BCUT2D eigenvalue weighted by atomic mass is 16.7. The molecule has 92 heavy (non-hydrogen) atoms. The van der Waals surface area contributed by atoms with Gasteiger partial charge in [0.05, 0.1) is 76.6 Å². The van der Waals surface area contributed by atoms with Crippen LogP contribution in [0.2, 0.25) is 0 Å². The van der Waals surface area contributed by atoms with Crippen LogP contribution in [0, 0.1) is 50.4 Å². The van der Waals surface area contributed by atoms with Crippen molar-refractivity contribution in [1.29, 1.82) is 10.5 Å². The molecule has 1 N–H and O–H groups in total. The maximum Gasteiger partial charge on any atom is 0.231 e. The molecule has 8 aliphatic rings. The van der Waals surface area contributed by atoms with Crippen LogP contribution in [-0.4, -0.2) is 177 Å². The number of allylic oxidation sites excluding steroid dienone is 1. The van der Waals surface area contributed by atoms with Crippen molar-refractivity contribution in [3.63, 3.8) is 0 Å². The molecule has 2 fully saturated rings. The van der Waals surface area contributed by atoms with Crippen LogP contribution in [0.25, 0.3) is 0 Å². The van der Waals surface area contributed by atoms with Crippen molar-refractivity contribution in [2.75, 3.05) is 110 Å². The molecule has 4 bridgehead atoms. The van der Waals surface area contributed by atoms with Crippen LogP contribution >= 0.6 is 0 Å². The van der Waals surface area contributed by atoms with E-state index in [0.717, 1.165) is 78.3 Å². The Morgan fingerprint density at radius 3 is 1.39 bits per heavy atom. The number of fused-ring (bicyclic) bond motifs is 18. The van der Waals surface area contributed by atoms with Gasteiger partial charge in [-0.05, 0) is 110 Å². The smallest absolute Gasteiger partial charge is 0.231 e. The van der Waals surface area contributed by atoms with Crippen LogP contribution in [0.5, 0.6) is 57.5 Å². The molecule has 12 rings (SSSR count). The molecule has 8 heterocycles. The number of aliphatic hydroxyl groups excluding tert-OH is 1. The Kier molecular flexibility index (Phi) is 20.5. The molecule has 8 aliphatic heterocycles. The van der Waals surface area contributed by atoms with Gasteiger partial charge >= 0.3 is 0 Å². The number of ether oxygens (including phenoxy) is 15. The van der Waals surface area contributed by atoms with Crippen LogP contribution in [0.1, 0.15) is 112 Å². The molecule has 2 saturated heterocycles. The molecule has 22 heteroatoms. The normalized spacial score (nSPS) is 24.3. The second-order valence-corrected chi connectivity index (χ2v) is 24.8. The van der Waals surface area contributed by atoms with E-state index in [-0.39, 0.29) is 82.7 Å². The van der Waals surface area contributed by atoms with Gasteiger partial charge in [-0.25, -0.2) is 0 Å². The summed E-state index contributed by atoms with van der Waals surface area (Å²) in [7, 11) is 13.9. The predicted octanol–water partition coefficient (Wildman–Crippen LogP) is 9.28. The number of rotatable bonds is 20. The third kappa shape index (κ3) is 11.6. The summed E-state index contributed by atoms with van der Waals surface area (Å²) >= 11 is 0. The average Bonchev–Trinajstić information content (AvgIpc) is 0.862. The highest BCUT2D eigenvalue weighted by Crippen LogP contribution is 2.61. The lowest BCUT2D eigenvalue weighted by molar-refractivity contribution is -0.212. The first-order valence-electron chi connectivity index (χ1n) is 31.1. The molecule has 496 valence electrons. The third-order valence-electron chi connectivity index (χ3n) is 19.4. The molecule has 0 aromatic heterocycles. The van der Waals surface area contributed by atoms with E-state index >= 15 is 0 Å². The Balaban J connectivity index is 0.000000189. The van der Waals surface area contributed by atoms with Gasteiger partial charge in [-0.15, -0.1) is 0 Å². The van der Waals surface area contributed by atoms with Crippen LogP contribution < -0.4 is 47.4 Å². The van der Waals surface area contributed by atoms with Crippen LogP contribution in [0.3, 0.4) is 0 Å². The number of likely N-dealkylation sites (N-methyl/N-ethyl adjacent to an activating group) is 2. The Hall–Kier alpha value is -7.48. The topological polar surface area (TPSA) is 219 Å². The molecule has 10 atom stereocenters. The van der Waals surface area contributed by atoms with Gasteiger partial charge in [0, 0.05) is 90.0 Å². The quantitative estimate of drug-likeness (QED) is 0.0495. The number of hydrogen-bond acceptors (Lipinski definition) is 22. The van der Waals surface area contributed by atoms with Gasteiger partial charge in [0.25, 0.3) is 0 Å². The summed E-state index contributed by atoms with van der Waals surface area (Å²) in [5.41, 5.74) is 11.8. The fourth-order valence-corrected chi connectivity index (χ4v) is 15.5. The van der Waals surface area contributed by atoms with E-state index in [0.29, 0.717) is 90.6 Å². The minimum absolute atomic E-state index is 0.0750. The van der Waals surface area contributed by atoms with Crippen molar-refractivity contribution in [1.82, 2.24) is 19.6 Å². The number of aliphatic hydroxyl groups is 1. The first-order valence-corrected chi connectivity index (χ1v) is 31.1. The van der Waals surface area contributed by atoms with Crippen molar-refractivity contribution < 1.29 is 76.2 Å². The molecule has 0 saturated carbocycles. The molecule has 4 aromatic carbocycles. The molecular weight excluding hydrogens is 1180 g/mol. The SMILES string of the molecule is C=C(C)OC.C=CCOc1c(C)c2c(c3c1CC1[C@H]4c5c(cc(C)c(OC)c5OCOC)C[C@@H](C(C#N)N1[C@H]3CO)N4C)OCO2.C=CCOc1c(C)c2c(c3c1CC1[C@H]4c5c(cc(C)c(OC)c5OCOC)C[C@@H](C(C#N)N1[C@H]3COC(C)(C)OC)N4C)OCO2. The van der Waals surface area contributed by atoms with E-state index < -0.39 is 23.9 Å². The predicted molar refractivity (Wildman–Crippen MR) is 341 cm³/mol. The zero-order valence-electron chi connectivity index (χ0n) is 55.9. The number of aryl methyl sites for hydroxylation is 2. The molecule has 22 nitrogen and oxygen atoms in total. The van der Waals surface area contributed by atoms with E-state index in [1.54, 1.807) is 61.7 Å². The number of piperazine rings is 2.